The molecule has 2 N–H and O–H groups in total. The third-order valence-corrected chi connectivity index (χ3v) is 3.14. The number of carboxylic acid groups (broad SMARTS) is 1. The second-order valence-corrected chi connectivity index (χ2v) is 5.01. The minimum absolute atomic E-state index is 0.0256. The maximum Gasteiger partial charge on any atom is 0.303 e. The highest BCUT2D eigenvalue weighted by Gasteiger charge is 2.18. The number of carbonyl (C=O) groups is 2. The Morgan fingerprint density at radius 2 is 2.05 bits per heavy atom. The van der Waals surface area contributed by atoms with Crippen LogP contribution in [0.15, 0.2) is 30.7 Å². The number of hydrogen-bond donors (Lipinski definition) is 2. The van der Waals surface area contributed by atoms with Crippen molar-refractivity contribution >= 4 is 11.9 Å². The maximum atomic E-state index is 12.2. The predicted octanol–water partition coefficient (Wildman–Crippen LogP) is 1.05. The van der Waals surface area contributed by atoms with E-state index in [4.69, 9.17) is 5.11 Å². The summed E-state index contributed by atoms with van der Waals surface area (Å²) >= 11 is 0. The topological polar surface area (TPSA) is 89.2 Å². The number of aryl methyl sites for hydroxylation is 1. The first-order valence-corrected chi connectivity index (χ1v) is 6.64. The van der Waals surface area contributed by atoms with Gasteiger partial charge in [-0.15, -0.1) is 0 Å². The number of carboxylic acids is 1. The maximum absolute atomic E-state index is 12.2. The van der Waals surface area contributed by atoms with Crippen molar-refractivity contribution in [3.05, 3.63) is 36.3 Å². The SMILES string of the molecule is CC(CNC(=O)c1cnn(C)c1-n1cccc1)CC(=O)O. The number of carbonyl (C=O) groups excluding carboxylic acids is 1. The van der Waals surface area contributed by atoms with E-state index >= 15 is 0 Å². The van der Waals surface area contributed by atoms with Gasteiger partial charge in [-0.25, -0.2) is 0 Å². The predicted molar refractivity (Wildman–Crippen MR) is 76.3 cm³/mol. The zero-order valence-electron chi connectivity index (χ0n) is 12.0. The highest BCUT2D eigenvalue weighted by molar-refractivity contribution is 5.97. The van der Waals surface area contributed by atoms with Gasteiger partial charge in [-0.05, 0) is 18.1 Å². The minimum atomic E-state index is -0.869. The average molecular weight is 290 g/mol. The fraction of sp³-hybridized carbons (Fsp3) is 0.357. The van der Waals surface area contributed by atoms with Crippen molar-refractivity contribution in [3.63, 3.8) is 0 Å². The van der Waals surface area contributed by atoms with E-state index in [0.717, 1.165) is 0 Å². The molecular weight excluding hydrogens is 272 g/mol. The Morgan fingerprint density at radius 3 is 2.67 bits per heavy atom. The summed E-state index contributed by atoms with van der Waals surface area (Å²) in [5.41, 5.74) is 0.455. The van der Waals surface area contributed by atoms with Gasteiger partial charge in [0.2, 0.25) is 0 Å². The lowest BCUT2D eigenvalue weighted by atomic mass is 10.1. The van der Waals surface area contributed by atoms with E-state index in [2.05, 4.69) is 10.4 Å². The summed E-state index contributed by atoms with van der Waals surface area (Å²) in [7, 11) is 1.76. The molecule has 1 unspecified atom stereocenters. The standard InChI is InChI=1S/C14H18N4O3/c1-10(7-12(19)20)8-15-13(21)11-9-16-17(2)14(11)18-5-3-4-6-18/h3-6,9-10H,7-8H2,1-2H3,(H,15,21)(H,19,20). The van der Waals surface area contributed by atoms with Crippen LogP contribution in [0.4, 0.5) is 0 Å². The molecule has 7 heteroatoms. The monoisotopic (exact) mass is 290 g/mol. The van der Waals surface area contributed by atoms with Crippen LogP contribution in [0.1, 0.15) is 23.7 Å². The molecule has 7 nitrogen and oxygen atoms in total. The Kier molecular flexibility index (Phi) is 4.42. The normalized spacial score (nSPS) is 12.1. The average Bonchev–Trinajstić information content (AvgIpc) is 3.03. The lowest BCUT2D eigenvalue weighted by Crippen LogP contribution is -2.29. The number of nitrogens with one attached hydrogen (secondary N) is 1. The molecule has 0 spiro atoms. The molecule has 2 rings (SSSR count). The van der Waals surface area contributed by atoms with Crippen molar-refractivity contribution in [3.8, 4) is 5.82 Å². The van der Waals surface area contributed by atoms with E-state index in [1.807, 2.05) is 29.1 Å². The first-order chi connectivity index (χ1) is 9.99. The van der Waals surface area contributed by atoms with Gasteiger partial charge in [-0.1, -0.05) is 6.92 Å². The number of nitrogens with zero attached hydrogens (tertiary/aromatic N) is 3. The Balaban J connectivity index is 2.09. The lowest BCUT2D eigenvalue weighted by molar-refractivity contribution is -0.137. The van der Waals surface area contributed by atoms with Crippen molar-refractivity contribution in [2.75, 3.05) is 6.54 Å². The molecule has 2 heterocycles. The Labute approximate surface area is 122 Å². The van der Waals surface area contributed by atoms with E-state index in [9.17, 15) is 9.59 Å². The van der Waals surface area contributed by atoms with Crippen LogP contribution < -0.4 is 5.32 Å². The molecule has 2 aromatic rings. The molecule has 0 saturated heterocycles. The van der Waals surface area contributed by atoms with Crippen LogP contribution >= 0.6 is 0 Å². The molecule has 1 atom stereocenters. The van der Waals surface area contributed by atoms with E-state index in [1.165, 1.54) is 6.20 Å². The highest BCUT2D eigenvalue weighted by Crippen LogP contribution is 2.14. The van der Waals surface area contributed by atoms with Gasteiger partial charge in [0.1, 0.15) is 11.4 Å². The first-order valence-electron chi connectivity index (χ1n) is 6.64. The molecule has 1 amide bonds. The molecule has 0 aliphatic heterocycles. The lowest BCUT2D eigenvalue weighted by Gasteiger charge is -2.11. The Bertz CT molecular complexity index is 631. The second kappa shape index (κ2) is 6.25. The van der Waals surface area contributed by atoms with Gasteiger partial charge in [0.05, 0.1) is 6.20 Å². The number of rotatable bonds is 6. The molecule has 2 aromatic heterocycles. The second-order valence-electron chi connectivity index (χ2n) is 5.01. The zero-order chi connectivity index (χ0) is 15.4. The van der Waals surface area contributed by atoms with Crippen molar-refractivity contribution in [2.45, 2.75) is 13.3 Å². The number of aliphatic carboxylic acids is 1. The van der Waals surface area contributed by atoms with Gasteiger partial charge in [0, 0.05) is 32.4 Å². The van der Waals surface area contributed by atoms with Gasteiger partial charge in [-0.3, -0.25) is 14.3 Å². The molecule has 0 aliphatic rings. The van der Waals surface area contributed by atoms with Crippen molar-refractivity contribution in [1.82, 2.24) is 19.7 Å². The first kappa shape index (κ1) is 14.8. The van der Waals surface area contributed by atoms with Crippen molar-refractivity contribution in [1.29, 1.82) is 0 Å². The number of aromatic nitrogens is 3. The molecule has 0 fully saturated rings. The molecule has 0 radical (unpaired) electrons. The smallest absolute Gasteiger partial charge is 0.303 e. The molecule has 0 saturated carbocycles. The molecule has 112 valence electrons. The summed E-state index contributed by atoms with van der Waals surface area (Å²) in [4.78, 5) is 22.8. The summed E-state index contributed by atoms with van der Waals surface area (Å²) in [5.74, 6) is -0.586. The van der Waals surface area contributed by atoms with Crippen LogP contribution in [0.5, 0.6) is 0 Å². The van der Waals surface area contributed by atoms with Crippen molar-refractivity contribution < 1.29 is 14.7 Å². The minimum Gasteiger partial charge on any atom is -0.481 e. The van der Waals surface area contributed by atoms with Crippen LogP contribution in [0.25, 0.3) is 5.82 Å². The third kappa shape index (κ3) is 3.50. The molecule has 0 bridgehead atoms. The van der Waals surface area contributed by atoms with Gasteiger partial charge >= 0.3 is 5.97 Å². The van der Waals surface area contributed by atoms with Crippen LogP contribution in [-0.2, 0) is 11.8 Å². The fourth-order valence-electron chi connectivity index (χ4n) is 2.11. The molecule has 0 aromatic carbocycles. The van der Waals surface area contributed by atoms with Crippen LogP contribution in [0.3, 0.4) is 0 Å². The van der Waals surface area contributed by atoms with Gasteiger partial charge in [-0.2, -0.15) is 5.10 Å². The van der Waals surface area contributed by atoms with E-state index in [-0.39, 0.29) is 18.2 Å². The summed E-state index contributed by atoms with van der Waals surface area (Å²) < 4.78 is 3.43. The van der Waals surface area contributed by atoms with Crippen LogP contribution in [0.2, 0.25) is 0 Å². The highest BCUT2D eigenvalue weighted by atomic mass is 16.4. The largest absolute Gasteiger partial charge is 0.481 e. The van der Waals surface area contributed by atoms with Crippen LogP contribution in [-0.4, -0.2) is 37.9 Å². The fourth-order valence-corrected chi connectivity index (χ4v) is 2.11. The van der Waals surface area contributed by atoms with Gasteiger partial charge in [0.15, 0.2) is 0 Å². The van der Waals surface area contributed by atoms with E-state index < -0.39 is 5.97 Å². The van der Waals surface area contributed by atoms with E-state index in [0.29, 0.717) is 17.9 Å². The van der Waals surface area contributed by atoms with Gasteiger partial charge < -0.3 is 15.0 Å². The number of hydrogen-bond acceptors (Lipinski definition) is 3. The summed E-state index contributed by atoms with van der Waals surface area (Å²) in [6.07, 6.45) is 5.20. The summed E-state index contributed by atoms with van der Waals surface area (Å²) in [5, 5.41) is 15.6. The summed E-state index contributed by atoms with van der Waals surface area (Å²) in [6, 6.07) is 3.73. The van der Waals surface area contributed by atoms with Crippen LogP contribution in [0, 0.1) is 5.92 Å². The van der Waals surface area contributed by atoms with Gasteiger partial charge in [0.25, 0.3) is 5.91 Å². The Morgan fingerprint density at radius 1 is 1.38 bits per heavy atom. The molecular formula is C14H18N4O3. The zero-order valence-corrected chi connectivity index (χ0v) is 12.0. The molecule has 0 aliphatic carbocycles. The Hall–Kier alpha value is -2.57. The number of amides is 1. The molecule has 21 heavy (non-hydrogen) atoms. The van der Waals surface area contributed by atoms with Crippen molar-refractivity contribution in [2.24, 2.45) is 13.0 Å². The summed E-state index contributed by atoms with van der Waals surface area (Å²) in [6.45, 7) is 2.09. The quantitative estimate of drug-likeness (QED) is 0.832. The third-order valence-electron chi connectivity index (χ3n) is 3.14. The van der Waals surface area contributed by atoms with E-state index in [1.54, 1.807) is 18.7 Å².